The van der Waals surface area contributed by atoms with Crippen LogP contribution in [0.3, 0.4) is 0 Å². The van der Waals surface area contributed by atoms with Crippen molar-refractivity contribution in [1.82, 2.24) is 0 Å². The second-order valence-electron chi connectivity index (χ2n) is 6.07. The van der Waals surface area contributed by atoms with E-state index >= 15 is 0 Å². The Balaban J connectivity index is 2.16. The van der Waals surface area contributed by atoms with Crippen LogP contribution in [0.15, 0.2) is 103 Å². The maximum atomic E-state index is 10.9. The Labute approximate surface area is 155 Å². The molecule has 3 rings (SSSR count). The zero-order chi connectivity index (χ0) is 18.2. The molecule has 0 atom stereocenters. The van der Waals surface area contributed by atoms with Crippen molar-refractivity contribution in [2.45, 2.75) is 6.42 Å². The second-order valence-corrected chi connectivity index (χ2v) is 9.69. The Kier molecular flexibility index (Phi) is 5.99. The van der Waals surface area contributed by atoms with Crippen molar-refractivity contribution in [3.8, 4) is 0 Å². The third-order valence-corrected chi connectivity index (χ3v) is 8.95. The van der Waals surface area contributed by atoms with Crippen LogP contribution in [0.2, 0.25) is 0 Å². The molecule has 3 aromatic rings. The molecule has 0 spiro atoms. The number of benzene rings is 3. The molecule has 26 heavy (non-hydrogen) atoms. The van der Waals surface area contributed by atoms with Crippen LogP contribution < -0.4 is 15.9 Å². The minimum absolute atomic E-state index is 0.721. The summed E-state index contributed by atoms with van der Waals surface area (Å²) < 4.78 is 0. The van der Waals surface area contributed by atoms with Crippen LogP contribution in [-0.2, 0) is 4.79 Å². The number of carbonyl (C=O) groups is 1. The van der Waals surface area contributed by atoms with Gasteiger partial charge in [-0.25, -0.2) is 4.79 Å². The molecule has 0 radical (unpaired) electrons. The number of rotatable bonds is 7. The number of allylic oxidation sites excluding steroid dienone is 1. The molecule has 0 aliphatic carbocycles. The first kappa shape index (κ1) is 18.1. The summed E-state index contributed by atoms with van der Waals surface area (Å²) in [4.78, 5) is 10.9. The van der Waals surface area contributed by atoms with Crippen LogP contribution in [0.25, 0.3) is 0 Å². The summed E-state index contributed by atoms with van der Waals surface area (Å²) in [6.07, 6.45) is 4.63. The molecule has 0 unspecified atom stereocenters. The van der Waals surface area contributed by atoms with Gasteiger partial charge in [0, 0.05) is 12.5 Å². The van der Waals surface area contributed by atoms with Crippen molar-refractivity contribution < 1.29 is 9.90 Å². The lowest BCUT2D eigenvalue weighted by Gasteiger charge is -2.27. The predicted octanol–water partition coefficient (Wildman–Crippen LogP) is 4.01. The van der Waals surface area contributed by atoms with E-state index in [-0.39, 0.29) is 0 Å². The average molecular weight is 361 g/mol. The van der Waals surface area contributed by atoms with Gasteiger partial charge < -0.3 is 5.11 Å². The third kappa shape index (κ3) is 3.92. The van der Waals surface area contributed by atoms with E-state index in [0.717, 1.165) is 12.6 Å². The Morgan fingerprint density at radius 3 is 1.46 bits per heavy atom. The molecule has 0 bridgehead atoms. The average Bonchev–Trinajstić information content (AvgIpc) is 2.70. The number of carboxylic acids is 1. The summed E-state index contributed by atoms with van der Waals surface area (Å²) in [6.45, 7) is 0. The maximum Gasteiger partial charge on any atom is 0.327 e. The van der Waals surface area contributed by atoms with E-state index < -0.39 is 13.2 Å². The van der Waals surface area contributed by atoms with Gasteiger partial charge in [0.2, 0.25) is 0 Å². The maximum absolute atomic E-state index is 10.9. The highest BCUT2D eigenvalue weighted by Gasteiger charge is 2.44. The number of aliphatic carboxylic acids is 1. The molecule has 3 heteroatoms. The van der Waals surface area contributed by atoms with Gasteiger partial charge in [0.05, 0.1) is 6.16 Å². The molecule has 0 saturated carbocycles. The third-order valence-electron chi connectivity index (χ3n) is 4.48. The lowest BCUT2D eigenvalue weighted by molar-refractivity contribution is -0.131. The predicted molar refractivity (Wildman–Crippen MR) is 111 cm³/mol. The molecule has 130 valence electrons. The van der Waals surface area contributed by atoms with Crippen molar-refractivity contribution in [2.75, 3.05) is 6.16 Å². The van der Waals surface area contributed by atoms with E-state index in [2.05, 4.69) is 72.8 Å². The Hall–Kier alpha value is -2.70. The van der Waals surface area contributed by atoms with Crippen LogP contribution in [0, 0.1) is 0 Å². The lowest BCUT2D eigenvalue weighted by atomic mass is 10.3. The van der Waals surface area contributed by atoms with Gasteiger partial charge in [-0.1, -0.05) is 60.7 Å². The summed E-state index contributed by atoms with van der Waals surface area (Å²) in [5, 5.41) is 12.9. The van der Waals surface area contributed by atoms with Crippen LogP contribution >= 0.6 is 7.26 Å². The summed E-state index contributed by atoms with van der Waals surface area (Å²) in [5.74, 6) is -0.895. The Morgan fingerprint density at radius 1 is 0.731 bits per heavy atom. The van der Waals surface area contributed by atoms with Gasteiger partial charge in [0.1, 0.15) is 23.2 Å². The van der Waals surface area contributed by atoms with Gasteiger partial charge >= 0.3 is 5.97 Å². The smallest absolute Gasteiger partial charge is 0.327 e. The van der Waals surface area contributed by atoms with Gasteiger partial charge in [0.15, 0.2) is 0 Å². The molecular weight excluding hydrogens is 339 g/mol. The molecule has 0 aliphatic heterocycles. The van der Waals surface area contributed by atoms with Gasteiger partial charge in [-0.15, -0.1) is 0 Å². The van der Waals surface area contributed by atoms with Crippen molar-refractivity contribution in [3.05, 3.63) is 103 Å². The van der Waals surface area contributed by atoms with E-state index in [0.29, 0.717) is 0 Å². The molecule has 3 aromatic carbocycles. The van der Waals surface area contributed by atoms with Gasteiger partial charge in [-0.3, -0.25) is 0 Å². The topological polar surface area (TPSA) is 37.3 Å². The quantitative estimate of drug-likeness (QED) is 0.510. The van der Waals surface area contributed by atoms with E-state index in [4.69, 9.17) is 5.11 Å². The van der Waals surface area contributed by atoms with Crippen molar-refractivity contribution in [3.63, 3.8) is 0 Å². The van der Waals surface area contributed by atoms with E-state index in [9.17, 15) is 4.79 Å². The molecule has 0 aliphatic rings. The largest absolute Gasteiger partial charge is 0.478 e. The fourth-order valence-electron chi connectivity index (χ4n) is 3.33. The zero-order valence-electron chi connectivity index (χ0n) is 14.5. The molecule has 1 N–H and O–H groups in total. The second kappa shape index (κ2) is 8.60. The molecule has 0 heterocycles. The van der Waals surface area contributed by atoms with E-state index in [1.165, 1.54) is 22.0 Å². The van der Waals surface area contributed by atoms with Crippen molar-refractivity contribution in [2.24, 2.45) is 0 Å². The van der Waals surface area contributed by atoms with Crippen LogP contribution in [-0.4, -0.2) is 17.2 Å². The number of hydrogen-bond acceptors (Lipinski definition) is 1. The number of hydrogen-bond donors (Lipinski definition) is 1. The van der Waals surface area contributed by atoms with Crippen molar-refractivity contribution in [1.29, 1.82) is 0 Å². The summed E-state index contributed by atoms with van der Waals surface area (Å²) >= 11 is 0. The normalized spacial score (nSPS) is 11.5. The first-order valence-electron chi connectivity index (χ1n) is 8.68. The molecule has 0 amide bonds. The molecule has 2 nitrogen and oxygen atoms in total. The molecule has 0 fully saturated rings. The fraction of sp³-hybridized carbons (Fsp3) is 0.0870. The van der Waals surface area contributed by atoms with Gasteiger partial charge in [-0.05, 0) is 36.4 Å². The standard InChI is InChI=1S/C23H21O2P/c24-23(25)18-10-11-19-26(20-12-4-1-5-13-20,21-14-6-2-7-15-21)22-16-8-3-9-17-22/h1-10,12-18H,11,19H2/p+1/b18-10+. The summed E-state index contributed by atoms with van der Waals surface area (Å²) in [5.41, 5.74) is 0. The lowest BCUT2D eigenvalue weighted by Crippen LogP contribution is -2.33. The molecular formula is C23H22O2P+. The van der Waals surface area contributed by atoms with Gasteiger partial charge in [0.25, 0.3) is 0 Å². The van der Waals surface area contributed by atoms with E-state index in [1.807, 2.05) is 18.2 Å². The Morgan fingerprint density at radius 2 is 1.12 bits per heavy atom. The van der Waals surface area contributed by atoms with Crippen molar-refractivity contribution >= 4 is 29.1 Å². The van der Waals surface area contributed by atoms with Crippen LogP contribution in [0.5, 0.6) is 0 Å². The van der Waals surface area contributed by atoms with Crippen LogP contribution in [0.1, 0.15) is 6.42 Å². The van der Waals surface area contributed by atoms with E-state index in [1.54, 1.807) is 6.08 Å². The monoisotopic (exact) mass is 361 g/mol. The highest BCUT2D eigenvalue weighted by Crippen LogP contribution is 2.55. The summed E-state index contributed by atoms with van der Waals surface area (Å²) in [6, 6.07) is 31.9. The zero-order valence-corrected chi connectivity index (χ0v) is 15.4. The fourth-order valence-corrected chi connectivity index (χ4v) is 7.58. The minimum atomic E-state index is -1.86. The van der Waals surface area contributed by atoms with Gasteiger partial charge in [-0.2, -0.15) is 0 Å². The molecule has 0 saturated heterocycles. The minimum Gasteiger partial charge on any atom is -0.478 e. The highest BCUT2D eigenvalue weighted by atomic mass is 31.2. The Bertz CT molecular complexity index is 762. The molecule has 0 aromatic heterocycles. The first-order valence-corrected chi connectivity index (χ1v) is 10.7. The highest BCUT2D eigenvalue weighted by molar-refractivity contribution is 7.95. The number of carboxylic acid groups (broad SMARTS) is 1. The SMILES string of the molecule is O=C(O)/C=C/CC[P+](c1ccccc1)(c1ccccc1)c1ccccc1. The van der Waals surface area contributed by atoms with Crippen LogP contribution in [0.4, 0.5) is 0 Å². The summed E-state index contributed by atoms with van der Waals surface area (Å²) in [7, 11) is -1.86. The first-order chi connectivity index (χ1) is 12.7.